The summed E-state index contributed by atoms with van der Waals surface area (Å²) in [6.07, 6.45) is 3.04. The summed E-state index contributed by atoms with van der Waals surface area (Å²) in [4.78, 5) is 10.3. The first-order valence-corrected chi connectivity index (χ1v) is 4.89. The number of nitrogens with two attached hydrogens (primary N) is 1. The Morgan fingerprint density at radius 2 is 2.07 bits per heavy atom. The number of hydrogen-bond acceptors (Lipinski definition) is 2. The fraction of sp³-hybridized carbons (Fsp3) is 0.100. The summed E-state index contributed by atoms with van der Waals surface area (Å²) in [5.41, 5.74) is 6.58. The van der Waals surface area contributed by atoms with Crippen molar-refractivity contribution in [1.29, 1.82) is 0 Å². The zero-order valence-electron chi connectivity index (χ0n) is 7.71. The van der Waals surface area contributed by atoms with Gasteiger partial charge >= 0.3 is 5.97 Å². The molecule has 0 saturated carbocycles. The van der Waals surface area contributed by atoms with Gasteiger partial charge in [-0.2, -0.15) is 0 Å². The Bertz CT molecular complexity index is 416. The van der Waals surface area contributed by atoms with Gasteiger partial charge in [-0.15, -0.1) is 0 Å². The molecule has 3 N–H and O–H groups in total. The molecule has 0 bridgehead atoms. The molecule has 1 rings (SSSR count). The van der Waals surface area contributed by atoms with Gasteiger partial charge in [0.05, 0.1) is 17.1 Å². The van der Waals surface area contributed by atoms with Crippen molar-refractivity contribution in [3.8, 4) is 0 Å². The number of carboxylic acids is 1. The summed E-state index contributed by atoms with van der Waals surface area (Å²) >= 11 is 11.7. The second kappa shape index (κ2) is 5.05. The van der Waals surface area contributed by atoms with E-state index in [0.717, 1.165) is 0 Å². The number of carbonyl (C=O) groups is 1. The van der Waals surface area contributed by atoms with E-state index in [1.54, 1.807) is 12.1 Å². The quantitative estimate of drug-likeness (QED) is 0.805. The number of halogens is 2. The molecule has 1 aromatic rings. The molecule has 3 nitrogen and oxygen atoms in total. The van der Waals surface area contributed by atoms with Crippen LogP contribution in [0, 0.1) is 0 Å². The summed E-state index contributed by atoms with van der Waals surface area (Å²) in [5.74, 6) is -0.899. The van der Waals surface area contributed by atoms with E-state index in [1.807, 2.05) is 0 Å². The molecule has 0 heterocycles. The molecule has 5 heteroatoms. The third-order valence-corrected chi connectivity index (χ3v) is 2.36. The van der Waals surface area contributed by atoms with Crippen molar-refractivity contribution in [2.45, 2.75) is 6.42 Å². The highest BCUT2D eigenvalue weighted by Crippen LogP contribution is 2.27. The van der Waals surface area contributed by atoms with Crippen molar-refractivity contribution < 1.29 is 9.90 Å². The second-order valence-corrected chi connectivity index (χ2v) is 3.71. The van der Waals surface area contributed by atoms with E-state index in [-0.39, 0.29) is 6.42 Å². The number of nitrogen functional groups attached to an aromatic ring is 1. The van der Waals surface area contributed by atoms with Crippen molar-refractivity contribution in [2.24, 2.45) is 0 Å². The van der Waals surface area contributed by atoms with Crippen LogP contribution in [0.25, 0.3) is 6.08 Å². The molecular weight excluding hydrogens is 237 g/mol. The maximum absolute atomic E-state index is 10.3. The van der Waals surface area contributed by atoms with Crippen LogP contribution in [0.15, 0.2) is 18.2 Å². The molecule has 0 saturated heterocycles. The fourth-order valence-corrected chi connectivity index (χ4v) is 1.40. The number of carboxylic acid groups (broad SMARTS) is 1. The number of aliphatic carboxylic acids is 1. The van der Waals surface area contributed by atoms with E-state index >= 15 is 0 Å². The first-order chi connectivity index (χ1) is 7.00. The summed E-state index contributed by atoms with van der Waals surface area (Å²) < 4.78 is 0. The maximum Gasteiger partial charge on any atom is 0.307 e. The van der Waals surface area contributed by atoms with Gasteiger partial charge in [-0.1, -0.05) is 35.4 Å². The van der Waals surface area contributed by atoms with Gasteiger partial charge in [-0.3, -0.25) is 4.79 Å². The minimum absolute atomic E-state index is 0.0572. The Labute approximate surface area is 97.1 Å². The van der Waals surface area contributed by atoms with E-state index in [0.29, 0.717) is 21.3 Å². The lowest BCUT2D eigenvalue weighted by atomic mass is 10.2. The number of anilines is 1. The monoisotopic (exact) mass is 245 g/mol. The third kappa shape index (κ3) is 3.46. The molecule has 0 atom stereocenters. The molecule has 15 heavy (non-hydrogen) atoms. The van der Waals surface area contributed by atoms with Gasteiger partial charge in [0, 0.05) is 5.02 Å². The van der Waals surface area contributed by atoms with Crippen LogP contribution in [-0.2, 0) is 4.79 Å². The van der Waals surface area contributed by atoms with E-state index in [2.05, 4.69) is 0 Å². The molecule has 0 aliphatic rings. The van der Waals surface area contributed by atoms with E-state index in [1.165, 1.54) is 12.1 Å². The Morgan fingerprint density at radius 1 is 1.40 bits per heavy atom. The van der Waals surface area contributed by atoms with Gasteiger partial charge in [-0.05, 0) is 17.7 Å². The van der Waals surface area contributed by atoms with Crippen molar-refractivity contribution in [3.63, 3.8) is 0 Å². The highest BCUT2D eigenvalue weighted by atomic mass is 35.5. The highest BCUT2D eigenvalue weighted by molar-refractivity contribution is 6.36. The van der Waals surface area contributed by atoms with Crippen molar-refractivity contribution >= 4 is 40.9 Å². The molecular formula is C10H9Cl2NO2. The SMILES string of the molecule is Nc1cc(Cl)c(C=CCC(=O)O)cc1Cl. The van der Waals surface area contributed by atoms with Gasteiger partial charge in [0.2, 0.25) is 0 Å². The van der Waals surface area contributed by atoms with Crippen molar-refractivity contribution in [1.82, 2.24) is 0 Å². The van der Waals surface area contributed by atoms with Crippen LogP contribution in [-0.4, -0.2) is 11.1 Å². The normalized spacial score (nSPS) is 10.8. The van der Waals surface area contributed by atoms with Gasteiger partial charge in [-0.25, -0.2) is 0 Å². The zero-order valence-corrected chi connectivity index (χ0v) is 9.22. The molecule has 80 valence electrons. The number of rotatable bonds is 3. The van der Waals surface area contributed by atoms with Crippen LogP contribution >= 0.6 is 23.2 Å². The summed E-state index contributed by atoms with van der Waals surface area (Å²) in [6.45, 7) is 0. The molecule has 0 unspecified atom stereocenters. The average molecular weight is 246 g/mol. The Morgan fingerprint density at radius 3 is 2.67 bits per heavy atom. The maximum atomic E-state index is 10.3. The van der Waals surface area contributed by atoms with Crippen LogP contribution in [0.5, 0.6) is 0 Å². The molecule has 0 spiro atoms. The van der Waals surface area contributed by atoms with Gasteiger partial charge in [0.15, 0.2) is 0 Å². The topological polar surface area (TPSA) is 63.3 Å². The number of hydrogen-bond donors (Lipinski definition) is 2. The van der Waals surface area contributed by atoms with Crippen LogP contribution in [0.1, 0.15) is 12.0 Å². The highest BCUT2D eigenvalue weighted by Gasteiger charge is 2.02. The number of benzene rings is 1. The lowest BCUT2D eigenvalue weighted by molar-refractivity contribution is -0.135. The Balaban J connectivity index is 2.90. The molecule has 0 fully saturated rings. The van der Waals surface area contributed by atoms with Crippen LogP contribution in [0.2, 0.25) is 10.0 Å². The molecule has 0 aliphatic heterocycles. The zero-order chi connectivity index (χ0) is 11.4. The lowest BCUT2D eigenvalue weighted by Gasteiger charge is -2.02. The fourth-order valence-electron chi connectivity index (χ4n) is 0.992. The van der Waals surface area contributed by atoms with Crippen molar-refractivity contribution in [3.05, 3.63) is 33.8 Å². The van der Waals surface area contributed by atoms with Crippen molar-refractivity contribution in [2.75, 3.05) is 5.73 Å². The Kier molecular flexibility index (Phi) is 4.00. The van der Waals surface area contributed by atoms with E-state index < -0.39 is 5.97 Å². The molecule has 0 amide bonds. The molecule has 0 aliphatic carbocycles. The summed E-state index contributed by atoms with van der Waals surface area (Å²) in [5, 5.41) is 9.27. The minimum atomic E-state index is -0.899. The Hall–Kier alpha value is -1.19. The third-order valence-electron chi connectivity index (χ3n) is 1.71. The first-order valence-electron chi connectivity index (χ1n) is 4.13. The van der Waals surface area contributed by atoms with Crippen LogP contribution in [0.4, 0.5) is 5.69 Å². The predicted molar refractivity (Wildman–Crippen MR) is 62.2 cm³/mol. The average Bonchev–Trinajstić information content (AvgIpc) is 2.13. The van der Waals surface area contributed by atoms with E-state index in [9.17, 15) is 4.79 Å². The van der Waals surface area contributed by atoms with E-state index in [4.69, 9.17) is 34.0 Å². The molecule has 0 aromatic heterocycles. The van der Waals surface area contributed by atoms with Gasteiger partial charge in [0.25, 0.3) is 0 Å². The minimum Gasteiger partial charge on any atom is -0.481 e. The molecule has 0 radical (unpaired) electrons. The molecule has 1 aromatic carbocycles. The largest absolute Gasteiger partial charge is 0.481 e. The predicted octanol–water partition coefficient (Wildman–Crippen LogP) is 3.06. The van der Waals surface area contributed by atoms with Crippen LogP contribution < -0.4 is 5.73 Å². The second-order valence-electron chi connectivity index (χ2n) is 2.90. The first kappa shape index (κ1) is 11.9. The smallest absolute Gasteiger partial charge is 0.307 e. The van der Waals surface area contributed by atoms with Crippen LogP contribution in [0.3, 0.4) is 0 Å². The standard InChI is InChI=1S/C10H9Cl2NO2/c11-7-5-9(13)8(12)4-6(7)2-1-3-10(14)15/h1-2,4-5H,3,13H2,(H,14,15). The lowest BCUT2D eigenvalue weighted by Crippen LogP contribution is -1.90. The van der Waals surface area contributed by atoms with Gasteiger partial charge < -0.3 is 10.8 Å². The van der Waals surface area contributed by atoms with Gasteiger partial charge in [0.1, 0.15) is 0 Å². The summed E-state index contributed by atoms with van der Waals surface area (Å²) in [6, 6.07) is 3.13. The summed E-state index contributed by atoms with van der Waals surface area (Å²) in [7, 11) is 0.